The first-order valence-corrected chi connectivity index (χ1v) is 8.86. The van der Waals surface area contributed by atoms with Crippen LogP contribution in [0.25, 0.3) is 0 Å². The van der Waals surface area contributed by atoms with Crippen LogP contribution in [-0.4, -0.2) is 27.0 Å². The molecule has 25 heavy (non-hydrogen) atoms. The number of aromatic amines is 1. The van der Waals surface area contributed by atoms with Gasteiger partial charge in [0.2, 0.25) is 12.1 Å². The van der Waals surface area contributed by atoms with E-state index >= 15 is 0 Å². The van der Waals surface area contributed by atoms with Gasteiger partial charge in [-0.15, -0.1) is 5.10 Å². The summed E-state index contributed by atoms with van der Waals surface area (Å²) in [6.45, 7) is 1.44. The number of benzene rings is 1. The van der Waals surface area contributed by atoms with Crippen molar-refractivity contribution >= 4 is 35.0 Å². The molecule has 2 heterocycles. The van der Waals surface area contributed by atoms with Gasteiger partial charge >= 0.3 is 0 Å². The number of amides is 1. The van der Waals surface area contributed by atoms with Gasteiger partial charge < -0.3 is 4.74 Å². The lowest BCUT2D eigenvalue weighted by Gasteiger charge is -2.19. The Morgan fingerprint density at radius 1 is 1.28 bits per heavy atom. The summed E-state index contributed by atoms with van der Waals surface area (Å²) in [7, 11) is 0. The van der Waals surface area contributed by atoms with Gasteiger partial charge in [0.1, 0.15) is 0 Å². The predicted octanol–water partition coefficient (Wildman–Crippen LogP) is 3.83. The number of nitrogens with one attached hydrogen (secondary N) is 1. The van der Waals surface area contributed by atoms with Crippen LogP contribution >= 0.6 is 23.2 Å². The van der Waals surface area contributed by atoms with Crippen LogP contribution in [-0.2, 0) is 22.4 Å². The van der Waals surface area contributed by atoms with Crippen LogP contribution in [0, 0.1) is 0 Å². The number of H-pyrrole nitrogens is 1. The lowest BCUT2D eigenvalue weighted by Crippen LogP contribution is -2.25. The van der Waals surface area contributed by atoms with Crippen LogP contribution in [0.3, 0.4) is 0 Å². The van der Waals surface area contributed by atoms with Crippen molar-refractivity contribution < 1.29 is 9.53 Å². The molecule has 1 aromatic heterocycles. The summed E-state index contributed by atoms with van der Waals surface area (Å²) in [5, 5.41) is 13.9. The third-order valence-electron chi connectivity index (χ3n) is 4.45. The molecular weight excluding hydrogens is 363 g/mol. The number of carbonyl (C=O) groups is 1. The van der Waals surface area contributed by atoms with E-state index in [9.17, 15) is 4.79 Å². The van der Waals surface area contributed by atoms with Gasteiger partial charge in [-0.25, -0.2) is 0 Å². The highest BCUT2D eigenvalue weighted by molar-refractivity contribution is 6.42. The van der Waals surface area contributed by atoms with Gasteiger partial charge in [0, 0.05) is 23.7 Å². The maximum Gasteiger partial charge on any atom is 0.262 e. The third-order valence-corrected chi connectivity index (χ3v) is 5.19. The molecule has 0 fully saturated rings. The molecule has 8 heteroatoms. The number of carbonyl (C=O) groups excluding carboxylic acids is 1. The van der Waals surface area contributed by atoms with E-state index in [-0.39, 0.29) is 5.91 Å². The number of nitrogens with zero attached hydrogens (tertiary/aromatic N) is 3. The molecule has 0 saturated carbocycles. The number of ether oxygens (including phenoxy) is 1. The zero-order valence-corrected chi connectivity index (χ0v) is 15.1. The zero-order valence-electron chi connectivity index (χ0n) is 13.6. The second-order valence-electron chi connectivity index (χ2n) is 6.15. The van der Waals surface area contributed by atoms with Gasteiger partial charge in [-0.1, -0.05) is 29.3 Å². The van der Waals surface area contributed by atoms with E-state index in [1.807, 2.05) is 0 Å². The number of halogens is 2. The molecule has 1 amide bonds. The number of hydrazone groups is 1. The lowest BCUT2D eigenvalue weighted by atomic mass is 9.96. The summed E-state index contributed by atoms with van der Waals surface area (Å²) >= 11 is 12.1. The predicted molar refractivity (Wildman–Crippen MR) is 94.6 cm³/mol. The van der Waals surface area contributed by atoms with Crippen molar-refractivity contribution in [3.05, 3.63) is 50.8 Å². The Kier molecular flexibility index (Phi) is 4.17. The Labute approximate surface area is 154 Å². The van der Waals surface area contributed by atoms with Crippen LogP contribution in [0.15, 0.2) is 23.3 Å². The topological polar surface area (TPSA) is 70.6 Å². The Morgan fingerprint density at radius 2 is 2.08 bits per heavy atom. The summed E-state index contributed by atoms with van der Waals surface area (Å²) in [5.41, 5.74) is 3.64. The highest BCUT2D eigenvalue weighted by Crippen LogP contribution is 2.34. The molecule has 130 valence electrons. The second-order valence-corrected chi connectivity index (χ2v) is 6.96. The number of fused-ring (bicyclic) bond motifs is 1. The molecule has 1 unspecified atom stereocenters. The fourth-order valence-electron chi connectivity index (χ4n) is 3.20. The van der Waals surface area contributed by atoms with E-state index in [2.05, 4.69) is 15.3 Å². The van der Waals surface area contributed by atoms with Crippen molar-refractivity contribution in [3.8, 4) is 0 Å². The standard InChI is InChI=1S/C17H16Cl2N4O2/c1-9(24)23-17(10-6-7-12(18)13(19)8-10)25-16(22-23)15-11-4-2-3-5-14(11)20-21-15/h6-8,17H,2-5H2,1H3,(H,20,21). The lowest BCUT2D eigenvalue weighted by molar-refractivity contribution is -0.135. The molecule has 0 spiro atoms. The molecule has 2 aliphatic rings. The van der Waals surface area contributed by atoms with Crippen molar-refractivity contribution in [2.75, 3.05) is 0 Å². The fraction of sp³-hybridized carbons (Fsp3) is 0.353. The Morgan fingerprint density at radius 3 is 2.84 bits per heavy atom. The van der Waals surface area contributed by atoms with Crippen molar-refractivity contribution in [2.45, 2.75) is 38.8 Å². The molecule has 1 aliphatic heterocycles. The Balaban J connectivity index is 1.69. The van der Waals surface area contributed by atoms with Gasteiger partial charge in [-0.3, -0.25) is 9.89 Å². The van der Waals surface area contributed by atoms with E-state index in [0.717, 1.165) is 36.9 Å². The van der Waals surface area contributed by atoms with Crippen molar-refractivity contribution in [1.29, 1.82) is 0 Å². The van der Waals surface area contributed by atoms with Crippen LogP contribution in [0.1, 0.15) is 48.5 Å². The second kappa shape index (κ2) is 6.35. The van der Waals surface area contributed by atoms with Gasteiger partial charge in [-0.05, 0) is 37.8 Å². The summed E-state index contributed by atoms with van der Waals surface area (Å²) in [6.07, 6.45) is 3.48. The fourth-order valence-corrected chi connectivity index (χ4v) is 3.51. The summed E-state index contributed by atoms with van der Waals surface area (Å²) in [4.78, 5) is 12.0. The molecule has 0 saturated heterocycles. The van der Waals surface area contributed by atoms with Crippen molar-refractivity contribution in [2.24, 2.45) is 5.10 Å². The normalized spacial score (nSPS) is 19.4. The van der Waals surface area contributed by atoms with E-state index in [0.29, 0.717) is 27.2 Å². The minimum atomic E-state index is -0.682. The van der Waals surface area contributed by atoms with Crippen LogP contribution in [0.2, 0.25) is 10.0 Å². The molecular formula is C17H16Cl2N4O2. The molecule has 1 N–H and O–H groups in total. The van der Waals surface area contributed by atoms with E-state index in [4.69, 9.17) is 27.9 Å². The minimum absolute atomic E-state index is 0.226. The number of aryl methyl sites for hydroxylation is 1. The summed E-state index contributed by atoms with van der Waals surface area (Å²) in [6, 6.07) is 5.13. The highest BCUT2D eigenvalue weighted by Gasteiger charge is 2.36. The van der Waals surface area contributed by atoms with Gasteiger partial charge in [0.25, 0.3) is 5.90 Å². The van der Waals surface area contributed by atoms with Gasteiger partial charge in [0.05, 0.1) is 10.0 Å². The molecule has 0 bridgehead atoms. The number of rotatable bonds is 2. The molecule has 0 radical (unpaired) electrons. The van der Waals surface area contributed by atoms with Crippen LogP contribution in [0.5, 0.6) is 0 Å². The molecule has 1 aliphatic carbocycles. The maximum atomic E-state index is 12.0. The Hall–Kier alpha value is -2.05. The molecule has 1 atom stereocenters. The Bertz CT molecular complexity index is 878. The number of hydrogen-bond donors (Lipinski definition) is 1. The van der Waals surface area contributed by atoms with Crippen LogP contribution < -0.4 is 0 Å². The summed E-state index contributed by atoms with van der Waals surface area (Å²) < 4.78 is 6.00. The van der Waals surface area contributed by atoms with Crippen molar-refractivity contribution in [3.63, 3.8) is 0 Å². The van der Waals surface area contributed by atoms with E-state index in [1.165, 1.54) is 11.9 Å². The number of hydrogen-bond acceptors (Lipinski definition) is 4. The van der Waals surface area contributed by atoms with Crippen molar-refractivity contribution in [1.82, 2.24) is 15.2 Å². The quantitative estimate of drug-likeness (QED) is 0.862. The monoisotopic (exact) mass is 378 g/mol. The van der Waals surface area contributed by atoms with E-state index < -0.39 is 6.23 Å². The number of aromatic nitrogens is 2. The largest absolute Gasteiger partial charge is 0.445 e. The zero-order chi connectivity index (χ0) is 17.6. The average Bonchev–Trinajstić information content (AvgIpc) is 3.21. The third kappa shape index (κ3) is 2.89. The first kappa shape index (κ1) is 16.4. The van der Waals surface area contributed by atoms with Crippen LogP contribution in [0.4, 0.5) is 0 Å². The molecule has 1 aromatic carbocycles. The minimum Gasteiger partial charge on any atom is -0.445 e. The summed E-state index contributed by atoms with van der Waals surface area (Å²) in [5.74, 6) is 0.126. The first-order valence-electron chi connectivity index (χ1n) is 8.11. The molecule has 6 nitrogen and oxygen atoms in total. The van der Waals surface area contributed by atoms with E-state index in [1.54, 1.807) is 18.2 Å². The maximum absolute atomic E-state index is 12.0. The SMILES string of the molecule is CC(=O)N1N=C(c2n[nH]c3c2CCCC3)OC1c1ccc(Cl)c(Cl)c1. The molecule has 4 rings (SSSR count). The first-order chi connectivity index (χ1) is 12.0. The van der Waals surface area contributed by atoms with Gasteiger partial charge in [0.15, 0.2) is 5.69 Å². The smallest absolute Gasteiger partial charge is 0.262 e. The highest BCUT2D eigenvalue weighted by atomic mass is 35.5. The average molecular weight is 379 g/mol. The molecule has 2 aromatic rings. The van der Waals surface area contributed by atoms with Gasteiger partial charge in [-0.2, -0.15) is 10.1 Å².